The molecule has 5 heteroatoms. The van der Waals surface area contributed by atoms with Gasteiger partial charge in [-0.2, -0.15) is 5.26 Å². The van der Waals surface area contributed by atoms with Crippen LogP contribution in [0.4, 0.5) is 8.78 Å². The fraction of sp³-hybridized carbons (Fsp3) is 0.273. The van der Waals surface area contributed by atoms with Gasteiger partial charge in [-0.05, 0) is 6.07 Å². The molecular formula is C11H10F2N2O. The average Bonchev–Trinajstić information content (AvgIpc) is 2.25. The van der Waals surface area contributed by atoms with Crippen molar-refractivity contribution in [2.24, 2.45) is 0 Å². The minimum atomic E-state index is -1.00. The second kappa shape index (κ2) is 5.81. The number of benzene rings is 1. The number of hydrogen-bond acceptors (Lipinski definition) is 2. The van der Waals surface area contributed by atoms with Crippen molar-refractivity contribution in [3.8, 4) is 6.07 Å². The molecule has 0 aliphatic heterocycles. The van der Waals surface area contributed by atoms with Crippen molar-refractivity contribution in [2.75, 3.05) is 6.54 Å². The SMILES string of the molecule is N#CCCNC(=O)Cc1cccc(F)c1F. The average molecular weight is 224 g/mol. The van der Waals surface area contributed by atoms with Crippen LogP contribution in [0.1, 0.15) is 12.0 Å². The molecule has 1 rings (SSSR count). The van der Waals surface area contributed by atoms with E-state index in [-0.39, 0.29) is 24.9 Å². The Hall–Kier alpha value is -1.96. The van der Waals surface area contributed by atoms with Gasteiger partial charge in [-0.25, -0.2) is 8.78 Å². The van der Waals surface area contributed by atoms with Crippen molar-refractivity contribution in [3.63, 3.8) is 0 Å². The lowest BCUT2D eigenvalue weighted by molar-refractivity contribution is -0.120. The predicted octanol–water partition coefficient (Wildman–Crippen LogP) is 1.54. The second-order valence-electron chi connectivity index (χ2n) is 3.15. The molecule has 1 aromatic rings. The maximum atomic E-state index is 13.1. The molecular weight excluding hydrogens is 214 g/mol. The number of amides is 1. The lowest BCUT2D eigenvalue weighted by atomic mass is 10.1. The Morgan fingerprint density at radius 2 is 2.19 bits per heavy atom. The standard InChI is InChI=1S/C11H10F2N2O/c12-9-4-1-3-8(11(9)13)7-10(16)15-6-2-5-14/h1,3-4H,2,6-7H2,(H,15,16). The highest BCUT2D eigenvalue weighted by atomic mass is 19.2. The molecule has 0 fully saturated rings. The van der Waals surface area contributed by atoms with Gasteiger partial charge in [-0.15, -0.1) is 0 Å². The van der Waals surface area contributed by atoms with Gasteiger partial charge in [0.1, 0.15) is 0 Å². The van der Waals surface area contributed by atoms with Gasteiger partial charge in [0.15, 0.2) is 11.6 Å². The number of carbonyl (C=O) groups excluding carboxylic acids is 1. The van der Waals surface area contributed by atoms with Gasteiger partial charge in [0.25, 0.3) is 0 Å². The van der Waals surface area contributed by atoms with Gasteiger partial charge in [-0.1, -0.05) is 12.1 Å². The molecule has 0 radical (unpaired) electrons. The van der Waals surface area contributed by atoms with E-state index in [1.165, 1.54) is 12.1 Å². The lowest BCUT2D eigenvalue weighted by Gasteiger charge is -2.04. The fourth-order valence-corrected chi connectivity index (χ4v) is 1.18. The van der Waals surface area contributed by atoms with E-state index in [1.807, 2.05) is 6.07 Å². The van der Waals surface area contributed by atoms with Gasteiger partial charge in [0.2, 0.25) is 5.91 Å². The van der Waals surface area contributed by atoms with Crippen LogP contribution < -0.4 is 5.32 Å². The van der Waals surface area contributed by atoms with Gasteiger partial charge < -0.3 is 5.32 Å². The van der Waals surface area contributed by atoms with Crippen molar-refractivity contribution in [1.82, 2.24) is 5.32 Å². The monoisotopic (exact) mass is 224 g/mol. The number of hydrogen-bond donors (Lipinski definition) is 1. The molecule has 3 nitrogen and oxygen atoms in total. The summed E-state index contributed by atoms with van der Waals surface area (Å²) in [6, 6.07) is 5.54. The first kappa shape index (κ1) is 12.1. The third-order valence-corrected chi connectivity index (χ3v) is 1.94. The molecule has 0 spiro atoms. The Morgan fingerprint density at radius 3 is 2.88 bits per heavy atom. The van der Waals surface area contributed by atoms with Crippen molar-refractivity contribution >= 4 is 5.91 Å². The summed E-state index contributed by atoms with van der Waals surface area (Å²) >= 11 is 0. The van der Waals surface area contributed by atoms with Crippen molar-refractivity contribution in [1.29, 1.82) is 5.26 Å². The third kappa shape index (κ3) is 3.31. The highest BCUT2D eigenvalue weighted by molar-refractivity contribution is 5.78. The van der Waals surface area contributed by atoms with Gasteiger partial charge in [0, 0.05) is 12.1 Å². The molecule has 0 aliphatic rings. The fourth-order valence-electron chi connectivity index (χ4n) is 1.18. The Bertz CT molecular complexity index is 426. The Morgan fingerprint density at radius 1 is 1.44 bits per heavy atom. The van der Waals surface area contributed by atoms with Crippen LogP contribution >= 0.6 is 0 Å². The summed E-state index contributed by atoms with van der Waals surface area (Å²) in [5.41, 5.74) is 0.00876. The Kier molecular flexibility index (Phi) is 4.40. The van der Waals surface area contributed by atoms with Crippen LogP contribution in [0.3, 0.4) is 0 Å². The highest BCUT2D eigenvalue weighted by Crippen LogP contribution is 2.11. The zero-order chi connectivity index (χ0) is 12.0. The molecule has 0 saturated carbocycles. The first-order valence-corrected chi connectivity index (χ1v) is 4.71. The van der Waals surface area contributed by atoms with Crippen LogP contribution in [0.25, 0.3) is 0 Å². The summed E-state index contributed by atoms with van der Waals surface area (Å²) in [6.45, 7) is 0.215. The number of nitriles is 1. The molecule has 1 aromatic carbocycles. The molecule has 0 heterocycles. The zero-order valence-corrected chi connectivity index (χ0v) is 8.46. The molecule has 0 bridgehead atoms. The Labute approximate surface area is 91.7 Å². The highest BCUT2D eigenvalue weighted by Gasteiger charge is 2.10. The van der Waals surface area contributed by atoms with E-state index >= 15 is 0 Å². The summed E-state index contributed by atoms with van der Waals surface area (Å²) in [6.07, 6.45) is -0.0353. The van der Waals surface area contributed by atoms with Crippen LogP contribution in [0, 0.1) is 23.0 Å². The minimum absolute atomic E-state index is 0.00876. The predicted molar refractivity (Wildman–Crippen MR) is 53.3 cm³/mol. The first-order valence-electron chi connectivity index (χ1n) is 4.71. The number of nitrogens with one attached hydrogen (secondary N) is 1. The van der Waals surface area contributed by atoms with E-state index in [9.17, 15) is 13.6 Å². The topological polar surface area (TPSA) is 52.9 Å². The molecule has 0 atom stereocenters. The lowest BCUT2D eigenvalue weighted by Crippen LogP contribution is -2.26. The summed E-state index contributed by atoms with van der Waals surface area (Å²) in [7, 11) is 0. The number of rotatable bonds is 4. The second-order valence-corrected chi connectivity index (χ2v) is 3.15. The van der Waals surface area contributed by atoms with Gasteiger partial charge in [-0.3, -0.25) is 4.79 Å². The number of carbonyl (C=O) groups is 1. The van der Waals surface area contributed by atoms with E-state index in [4.69, 9.17) is 5.26 Å². The summed E-state index contributed by atoms with van der Waals surface area (Å²) < 4.78 is 25.9. The molecule has 0 aromatic heterocycles. The number of halogens is 2. The number of nitrogens with zero attached hydrogens (tertiary/aromatic N) is 1. The normalized spacial score (nSPS) is 9.56. The minimum Gasteiger partial charge on any atom is -0.355 e. The molecule has 1 N–H and O–H groups in total. The van der Waals surface area contributed by atoms with Gasteiger partial charge >= 0.3 is 0 Å². The smallest absolute Gasteiger partial charge is 0.224 e. The first-order chi connectivity index (χ1) is 7.65. The van der Waals surface area contributed by atoms with Crippen molar-refractivity contribution in [3.05, 3.63) is 35.4 Å². The van der Waals surface area contributed by atoms with Crippen LogP contribution in [-0.2, 0) is 11.2 Å². The van der Waals surface area contributed by atoms with E-state index in [2.05, 4.69) is 5.32 Å². The zero-order valence-electron chi connectivity index (χ0n) is 8.46. The van der Waals surface area contributed by atoms with E-state index < -0.39 is 17.5 Å². The van der Waals surface area contributed by atoms with E-state index in [0.29, 0.717) is 0 Å². The quantitative estimate of drug-likeness (QED) is 0.788. The van der Waals surface area contributed by atoms with E-state index in [0.717, 1.165) is 6.07 Å². The van der Waals surface area contributed by atoms with Crippen LogP contribution in [0.15, 0.2) is 18.2 Å². The summed E-state index contributed by atoms with van der Waals surface area (Å²) in [5.74, 6) is -2.40. The van der Waals surface area contributed by atoms with E-state index in [1.54, 1.807) is 0 Å². The van der Waals surface area contributed by atoms with Crippen LogP contribution in [0.2, 0.25) is 0 Å². The summed E-state index contributed by atoms with van der Waals surface area (Å²) in [5, 5.41) is 10.7. The van der Waals surface area contributed by atoms with Crippen molar-refractivity contribution < 1.29 is 13.6 Å². The molecule has 0 unspecified atom stereocenters. The third-order valence-electron chi connectivity index (χ3n) is 1.94. The maximum absolute atomic E-state index is 13.1. The maximum Gasteiger partial charge on any atom is 0.224 e. The Balaban J connectivity index is 2.57. The van der Waals surface area contributed by atoms with Crippen LogP contribution in [0.5, 0.6) is 0 Å². The summed E-state index contributed by atoms with van der Waals surface area (Å²) in [4.78, 5) is 11.2. The molecule has 16 heavy (non-hydrogen) atoms. The molecule has 0 saturated heterocycles. The van der Waals surface area contributed by atoms with Crippen molar-refractivity contribution in [2.45, 2.75) is 12.8 Å². The van der Waals surface area contributed by atoms with Gasteiger partial charge in [0.05, 0.1) is 18.9 Å². The van der Waals surface area contributed by atoms with Crippen LogP contribution in [-0.4, -0.2) is 12.5 Å². The largest absolute Gasteiger partial charge is 0.355 e. The molecule has 84 valence electrons. The molecule has 0 aliphatic carbocycles. The molecule has 1 amide bonds.